The van der Waals surface area contributed by atoms with Crippen LogP contribution >= 0.6 is 0 Å². The summed E-state index contributed by atoms with van der Waals surface area (Å²) in [6.45, 7) is 4.58. The SMILES string of the molecule is CC(=O)N1CCC(C(=O)NC(C)CO)CC1. The van der Waals surface area contributed by atoms with Crippen molar-refractivity contribution in [3.63, 3.8) is 0 Å². The Morgan fingerprint density at radius 1 is 1.44 bits per heavy atom. The van der Waals surface area contributed by atoms with E-state index < -0.39 is 0 Å². The first-order chi connectivity index (χ1) is 7.54. The van der Waals surface area contributed by atoms with E-state index in [-0.39, 0.29) is 30.4 Å². The molecule has 92 valence electrons. The van der Waals surface area contributed by atoms with Gasteiger partial charge in [0.25, 0.3) is 0 Å². The highest BCUT2D eigenvalue weighted by molar-refractivity contribution is 5.79. The van der Waals surface area contributed by atoms with Crippen molar-refractivity contribution in [2.45, 2.75) is 32.7 Å². The molecular weight excluding hydrogens is 208 g/mol. The van der Waals surface area contributed by atoms with Gasteiger partial charge in [-0.3, -0.25) is 9.59 Å². The van der Waals surface area contributed by atoms with E-state index in [1.165, 1.54) is 0 Å². The summed E-state index contributed by atoms with van der Waals surface area (Å²) in [4.78, 5) is 24.6. The molecule has 16 heavy (non-hydrogen) atoms. The fraction of sp³-hybridized carbons (Fsp3) is 0.818. The molecule has 5 nitrogen and oxygen atoms in total. The summed E-state index contributed by atoms with van der Waals surface area (Å²) in [6.07, 6.45) is 1.42. The number of rotatable bonds is 3. The third kappa shape index (κ3) is 3.48. The fourth-order valence-corrected chi connectivity index (χ4v) is 1.86. The molecular formula is C11H20N2O3. The summed E-state index contributed by atoms with van der Waals surface area (Å²) in [7, 11) is 0. The van der Waals surface area contributed by atoms with Crippen LogP contribution in [0.2, 0.25) is 0 Å². The van der Waals surface area contributed by atoms with Crippen molar-refractivity contribution >= 4 is 11.8 Å². The topological polar surface area (TPSA) is 69.6 Å². The Hall–Kier alpha value is -1.10. The zero-order chi connectivity index (χ0) is 12.1. The lowest BCUT2D eigenvalue weighted by Crippen LogP contribution is -2.45. The van der Waals surface area contributed by atoms with E-state index >= 15 is 0 Å². The normalized spacial score (nSPS) is 19.3. The minimum absolute atomic E-state index is 0.00949. The van der Waals surface area contributed by atoms with Crippen molar-refractivity contribution in [3.8, 4) is 0 Å². The summed E-state index contributed by atoms with van der Waals surface area (Å²) in [5.41, 5.74) is 0. The highest BCUT2D eigenvalue weighted by Gasteiger charge is 2.26. The zero-order valence-electron chi connectivity index (χ0n) is 9.90. The van der Waals surface area contributed by atoms with Gasteiger partial charge in [-0.15, -0.1) is 0 Å². The molecule has 0 saturated carbocycles. The van der Waals surface area contributed by atoms with Crippen LogP contribution in [0.25, 0.3) is 0 Å². The monoisotopic (exact) mass is 228 g/mol. The van der Waals surface area contributed by atoms with Crippen molar-refractivity contribution in [1.82, 2.24) is 10.2 Å². The molecule has 2 amide bonds. The molecule has 2 N–H and O–H groups in total. The van der Waals surface area contributed by atoms with Gasteiger partial charge >= 0.3 is 0 Å². The van der Waals surface area contributed by atoms with E-state index in [4.69, 9.17) is 5.11 Å². The molecule has 1 fully saturated rings. The Labute approximate surface area is 95.8 Å². The van der Waals surface area contributed by atoms with Gasteiger partial charge in [-0.2, -0.15) is 0 Å². The molecule has 0 aliphatic carbocycles. The van der Waals surface area contributed by atoms with Crippen molar-refractivity contribution in [2.24, 2.45) is 5.92 Å². The first kappa shape index (κ1) is 13.0. The quantitative estimate of drug-likeness (QED) is 0.699. The number of hydrogen-bond donors (Lipinski definition) is 2. The lowest BCUT2D eigenvalue weighted by Gasteiger charge is -2.31. The van der Waals surface area contributed by atoms with Crippen LogP contribution in [0.3, 0.4) is 0 Å². The number of piperidine rings is 1. The van der Waals surface area contributed by atoms with Crippen LogP contribution in [0.5, 0.6) is 0 Å². The van der Waals surface area contributed by atoms with E-state index in [9.17, 15) is 9.59 Å². The molecule has 0 radical (unpaired) electrons. The molecule has 0 spiro atoms. The average Bonchev–Trinajstić information content (AvgIpc) is 2.28. The van der Waals surface area contributed by atoms with Crippen molar-refractivity contribution in [2.75, 3.05) is 19.7 Å². The van der Waals surface area contributed by atoms with E-state index in [1.54, 1.807) is 18.7 Å². The third-order valence-corrected chi connectivity index (χ3v) is 2.97. The second-order valence-electron chi connectivity index (χ2n) is 4.37. The Morgan fingerprint density at radius 3 is 2.44 bits per heavy atom. The van der Waals surface area contributed by atoms with Crippen LogP contribution in [-0.2, 0) is 9.59 Å². The maximum Gasteiger partial charge on any atom is 0.223 e. The molecule has 1 aliphatic heterocycles. The van der Waals surface area contributed by atoms with Crippen molar-refractivity contribution < 1.29 is 14.7 Å². The van der Waals surface area contributed by atoms with Gasteiger partial charge in [0.05, 0.1) is 6.61 Å². The summed E-state index contributed by atoms with van der Waals surface area (Å²) < 4.78 is 0. The number of nitrogens with one attached hydrogen (secondary N) is 1. The van der Waals surface area contributed by atoms with Gasteiger partial charge in [0.15, 0.2) is 0 Å². The number of aliphatic hydroxyl groups is 1. The number of nitrogens with zero attached hydrogens (tertiary/aromatic N) is 1. The van der Waals surface area contributed by atoms with Crippen LogP contribution in [0, 0.1) is 5.92 Å². The van der Waals surface area contributed by atoms with Gasteiger partial charge in [0, 0.05) is 32.0 Å². The molecule has 1 rings (SSSR count). The molecule has 0 bridgehead atoms. The van der Waals surface area contributed by atoms with Gasteiger partial charge in [-0.1, -0.05) is 0 Å². The van der Waals surface area contributed by atoms with E-state index in [1.807, 2.05) is 0 Å². The van der Waals surface area contributed by atoms with Gasteiger partial charge in [-0.05, 0) is 19.8 Å². The van der Waals surface area contributed by atoms with Gasteiger partial charge in [0.1, 0.15) is 0 Å². The third-order valence-electron chi connectivity index (χ3n) is 2.97. The van der Waals surface area contributed by atoms with Crippen LogP contribution in [0.1, 0.15) is 26.7 Å². The predicted octanol–water partition coefficient (Wildman–Crippen LogP) is -0.258. The number of likely N-dealkylation sites (tertiary alicyclic amines) is 1. The highest BCUT2D eigenvalue weighted by atomic mass is 16.3. The molecule has 0 aromatic rings. The number of hydrogen-bond acceptors (Lipinski definition) is 3. The Morgan fingerprint density at radius 2 is 2.00 bits per heavy atom. The summed E-state index contributed by atoms with van der Waals surface area (Å²) in [6, 6.07) is -0.196. The molecule has 0 aromatic carbocycles. The van der Waals surface area contributed by atoms with Crippen LogP contribution in [0.15, 0.2) is 0 Å². The van der Waals surface area contributed by atoms with Crippen molar-refractivity contribution in [3.05, 3.63) is 0 Å². The van der Waals surface area contributed by atoms with Crippen LogP contribution in [0.4, 0.5) is 0 Å². The minimum Gasteiger partial charge on any atom is -0.394 e. The summed E-state index contributed by atoms with van der Waals surface area (Å²) in [5, 5.41) is 11.6. The van der Waals surface area contributed by atoms with Gasteiger partial charge < -0.3 is 15.3 Å². The van der Waals surface area contributed by atoms with E-state index in [0.29, 0.717) is 25.9 Å². The van der Waals surface area contributed by atoms with Gasteiger partial charge in [-0.25, -0.2) is 0 Å². The first-order valence-electron chi connectivity index (χ1n) is 5.71. The predicted molar refractivity (Wildman–Crippen MR) is 59.7 cm³/mol. The molecule has 1 saturated heterocycles. The number of aliphatic hydroxyl groups excluding tert-OH is 1. The molecule has 1 heterocycles. The lowest BCUT2D eigenvalue weighted by atomic mass is 9.95. The average molecular weight is 228 g/mol. The van der Waals surface area contributed by atoms with Gasteiger partial charge in [0.2, 0.25) is 11.8 Å². The molecule has 1 unspecified atom stereocenters. The Kier molecular flexibility index (Phi) is 4.73. The fourth-order valence-electron chi connectivity index (χ4n) is 1.86. The van der Waals surface area contributed by atoms with E-state index in [2.05, 4.69) is 5.32 Å². The number of amides is 2. The largest absolute Gasteiger partial charge is 0.394 e. The highest BCUT2D eigenvalue weighted by Crippen LogP contribution is 2.17. The Bertz CT molecular complexity index is 260. The Balaban J connectivity index is 2.36. The van der Waals surface area contributed by atoms with E-state index in [0.717, 1.165) is 0 Å². The van der Waals surface area contributed by atoms with Crippen molar-refractivity contribution in [1.29, 1.82) is 0 Å². The second kappa shape index (κ2) is 5.84. The zero-order valence-corrected chi connectivity index (χ0v) is 9.90. The molecule has 0 aromatic heterocycles. The number of carbonyl (C=O) groups excluding carboxylic acids is 2. The lowest BCUT2D eigenvalue weighted by molar-refractivity contribution is -0.134. The standard InChI is InChI=1S/C11H20N2O3/c1-8(7-14)12-11(16)10-3-5-13(6-4-10)9(2)15/h8,10,14H,3-7H2,1-2H3,(H,12,16). The minimum atomic E-state index is -0.196. The smallest absolute Gasteiger partial charge is 0.223 e. The van der Waals surface area contributed by atoms with Crippen LogP contribution < -0.4 is 5.32 Å². The second-order valence-corrected chi connectivity index (χ2v) is 4.37. The van der Waals surface area contributed by atoms with Crippen LogP contribution in [-0.4, -0.2) is 47.6 Å². The number of carbonyl (C=O) groups is 2. The summed E-state index contributed by atoms with van der Waals surface area (Å²) >= 11 is 0. The maximum atomic E-state index is 11.7. The first-order valence-corrected chi connectivity index (χ1v) is 5.71. The maximum absolute atomic E-state index is 11.7. The molecule has 1 atom stereocenters. The molecule has 1 aliphatic rings. The molecule has 5 heteroatoms. The summed E-state index contributed by atoms with van der Waals surface area (Å²) in [5.74, 6) is 0.0388.